The highest BCUT2D eigenvalue weighted by Gasteiger charge is 2.50. The molecule has 29 heavy (non-hydrogen) atoms. The monoisotopic (exact) mass is 387 g/mol. The first kappa shape index (κ1) is 17.4. The van der Waals surface area contributed by atoms with Crippen LogP contribution in [0.3, 0.4) is 0 Å². The van der Waals surface area contributed by atoms with Crippen LogP contribution >= 0.6 is 0 Å². The molecule has 5 heteroatoms. The molecule has 2 aliphatic heterocycles. The molecular weight excluding hydrogens is 360 g/mol. The molecular formula is C24H27N4O+. The van der Waals surface area contributed by atoms with Gasteiger partial charge in [0, 0.05) is 36.8 Å². The second-order valence-electron chi connectivity index (χ2n) is 9.52. The summed E-state index contributed by atoms with van der Waals surface area (Å²) < 4.78 is 3.17. The number of quaternary nitrogens is 1. The summed E-state index contributed by atoms with van der Waals surface area (Å²) in [7, 11) is 4.75. The second kappa shape index (κ2) is 5.77. The van der Waals surface area contributed by atoms with Gasteiger partial charge in [-0.05, 0) is 11.1 Å². The van der Waals surface area contributed by atoms with Crippen LogP contribution in [-0.4, -0.2) is 50.8 Å². The van der Waals surface area contributed by atoms with Crippen molar-refractivity contribution < 1.29 is 9.59 Å². The summed E-state index contributed by atoms with van der Waals surface area (Å²) in [5, 5.41) is 21.0. The largest absolute Gasteiger partial charge is 0.374 e. The van der Waals surface area contributed by atoms with Crippen molar-refractivity contribution in [2.24, 2.45) is 0 Å². The maximum atomic E-state index is 12.0. The van der Waals surface area contributed by atoms with Crippen molar-refractivity contribution in [2.45, 2.75) is 49.4 Å². The van der Waals surface area contributed by atoms with E-state index >= 15 is 0 Å². The van der Waals surface area contributed by atoms with E-state index in [0.717, 1.165) is 39.6 Å². The summed E-state index contributed by atoms with van der Waals surface area (Å²) in [6, 6.07) is 18.0. The SMILES string of the molecule is C[N+]1(C)[C@@H]2CC[C@H]1CC(n1cc(C3(O)c4ccccc4-c4ccccc43)nn1)C2. The fourth-order valence-electron chi connectivity index (χ4n) is 6.18. The summed E-state index contributed by atoms with van der Waals surface area (Å²) in [6.45, 7) is 0. The second-order valence-corrected chi connectivity index (χ2v) is 9.52. The number of nitrogens with zero attached hydrogens (tertiary/aromatic N) is 4. The zero-order valence-corrected chi connectivity index (χ0v) is 17.0. The van der Waals surface area contributed by atoms with E-state index in [-0.39, 0.29) is 0 Å². The molecule has 3 aromatic rings. The van der Waals surface area contributed by atoms with E-state index in [2.05, 4.69) is 36.5 Å². The van der Waals surface area contributed by atoms with Crippen molar-refractivity contribution in [2.75, 3.05) is 14.1 Å². The van der Waals surface area contributed by atoms with Crippen LogP contribution in [0, 0.1) is 0 Å². The number of benzene rings is 2. The minimum Gasteiger partial charge on any atom is -0.374 e. The highest BCUT2D eigenvalue weighted by molar-refractivity contribution is 5.81. The first-order chi connectivity index (χ1) is 14.0. The van der Waals surface area contributed by atoms with E-state index < -0.39 is 5.60 Å². The number of aliphatic hydroxyl groups is 1. The van der Waals surface area contributed by atoms with E-state index in [1.165, 1.54) is 12.8 Å². The lowest BCUT2D eigenvalue weighted by Crippen LogP contribution is -2.54. The molecule has 5 nitrogen and oxygen atoms in total. The third-order valence-corrected chi connectivity index (χ3v) is 7.98. The smallest absolute Gasteiger partial charge is 0.161 e. The Kier molecular flexibility index (Phi) is 3.46. The van der Waals surface area contributed by atoms with Crippen molar-refractivity contribution >= 4 is 0 Å². The number of piperidine rings is 1. The van der Waals surface area contributed by atoms with Crippen LogP contribution < -0.4 is 0 Å². The molecule has 6 rings (SSSR count). The van der Waals surface area contributed by atoms with Gasteiger partial charge in [-0.1, -0.05) is 53.7 Å². The fourth-order valence-corrected chi connectivity index (χ4v) is 6.18. The van der Waals surface area contributed by atoms with Crippen LogP contribution in [-0.2, 0) is 5.60 Å². The molecule has 1 N–H and O–H groups in total. The molecule has 0 saturated carbocycles. The van der Waals surface area contributed by atoms with Crippen LogP contribution in [0.15, 0.2) is 54.7 Å². The third-order valence-electron chi connectivity index (χ3n) is 7.98. The Hall–Kier alpha value is -2.50. The molecule has 2 bridgehead atoms. The number of rotatable bonds is 2. The molecule has 1 aromatic heterocycles. The first-order valence-corrected chi connectivity index (χ1v) is 10.7. The van der Waals surface area contributed by atoms with Crippen LogP contribution in [0.1, 0.15) is 48.5 Å². The van der Waals surface area contributed by atoms with Crippen molar-refractivity contribution in [1.29, 1.82) is 0 Å². The minimum absolute atomic E-state index is 0.371. The Morgan fingerprint density at radius 2 is 1.48 bits per heavy atom. The molecule has 1 unspecified atom stereocenters. The summed E-state index contributed by atoms with van der Waals surface area (Å²) in [5.41, 5.74) is 3.34. The van der Waals surface area contributed by atoms with Gasteiger partial charge in [-0.2, -0.15) is 0 Å². The van der Waals surface area contributed by atoms with Gasteiger partial charge in [0.1, 0.15) is 5.69 Å². The molecule has 1 aliphatic carbocycles. The molecule has 0 amide bonds. The molecule has 2 aromatic carbocycles. The summed E-state index contributed by atoms with van der Waals surface area (Å²) >= 11 is 0. The lowest BCUT2D eigenvalue weighted by molar-refractivity contribution is -0.931. The van der Waals surface area contributed by atoms with Crippen molar-refractivity contribution in [1.82, 2.24) is 15.0 Å². The highest BCUT2D eigenvalue weighted by atomic mass is 16.3. The number of hydrogen-bond donors (Lipinski definition) is 1. The maximum absolute atomic E-state index is 12.0. The Bertz CT molecular complexity index is 1040. The molecule has 3 atom stereocenters. The van der Waals surface area contributed by atoms with Crippen LogP contribution in [0.2, 0.25) is 0 Å². The van der Waals surface area contributed by atoms with Crippen molar-refractivity contribution in [3.8, 4) is 11.1 Å². The van der Waals surface area contributed by atoms with Crippen LogP contribution in [0.25, 0.3) is 11.1 Å². The highest BCUT2D eigenvalue weighted by Crippen LogP contribution is 2.50. The van der Waals surface area contributed by atoms with Crippen molar-refractivity contribution in [3.63, 3.8) is 0 Å². The lowest BCUT2D eigenvalue weighted by atomic mass is 9.88. The Morgan fingerprint density at radius 3 is 2.07 bits per heavy atom. The normalized spacial score (nSPS) is 28.2. The van der Waals surface area contributed by atoms with Gasteiger partial charge in [0.15, 0.2) is 5.60 Å². The third kappa shape index (κ3) is 2.23. The summed E-state index contributed by atoms with van der Waals surface area (Å²) in [4.78, 5) is 0. The van der Waals surface area contributed by atoms with Crippen LogP contribution in [0.4, 0.5) is 0 Å². The van der Waals surface area contributed by atoms with Gasteiger partial charge in [-0.3, -0.25) is 0 Å². The van der Waals surface area contributed by atoms with Crippen LogP contribution in [0.5, 0.6) is 0 Å². The van der Waals surface area contributed by atoms with E-state index in [4.69, 9.17) is 0 Å². The maximum Gasteiger partial charge on any atom is 0.161 e. The van der Waals surface area contributed by atoms with Gasteiger partial charge < -0.3 is 9.59 Å². The van der Waals surface area contributed by atoms with E-state index in [1.54, 1.807) is 0 Å². The Labute approximate surface area is 171 Å². The predicted molar refractivity (Wildman–Crippen MR) is 111 cm³/mol. The van der Waals surface area contributed by atoms with Gasteiger partial charge in [-0.25, -0.2) is 4.68 Å². The predicted octanol–water partition coefficient (Wildman–Crippen LogP) is 3.49. The standard InChI is InChI=1S/C24H27N4O/c1-28(2)17-11-12-18(28)14-16(13-17)27-15-23(25-26-27)24(29)21-9-5-3-7-19(21)20-8-4-6-10-22(20)24/h3-10,15-18,29H,11-14H2,1-2H3/q+1/t16?,17-,18+. The molecule has 2 saturated heterocycles. The number of hydrogen-bond acceptors (Lipinski definition) is 3. The molecule has 0 radical (unpaired) electrons. The Morgan fingerprint density at radius 1 is 0.931 bits per heavy atom. The number of fused-ring (bicyclic) bond motifs is 5. The molecule has 148 valence electrons. The topological polar surface area (TPSA) is 50.9 Å². The Balaban J connectivity index is 1.41. The van der Waals surface area contributed by atoms with E-state index in [0.29, 0.717) is 23.8 Å². The quantitative estimate of drug-likeness (QED) is 0.685. The molecule has 0 spiro atoms. The van der Waals surface area contributed by atoms with Gasteiger partial charge in [0.25, 0.3) is 0 Å². The first-order valence-electron chi connectivity index (χ1n) is 10.7. The van der Waals surface area contributed by atoms with Gasteiger partial charge in [-0.15, -0.1) is 5.10 Å². The van der Waals surface area contributed by atoms with E-state index in [9.17, 15) is 5.11 Å². The lowest BCUT2D eigenvalue weighted by Gasteiger charge is -2.44. The van der Waals surface area contributed by atoms with E-state index in [1.807, 2.05) is 47.3 Å². The average Bonchev–Trinajstić information content (AvgIpc) is 3.33. The van der Waals surface area contributed by atoms with Crippen molar-refractivity contribution in [3.05, 3.63) is 71.5 Å². The number of aromatic nitrogens is 3. The molecule has 3 aliphatic rings. The summed E-state index contributed by atoms with van der Waals surface area (Å²) in [5.74, 6) is 0. The summed E-state index contributed by atoms with van der Waals surface area (Å²) in [6.07, 6.45) is 6.88. The van der Waals surface area contributed by atoms with Gasteiger partial charge >= 0.3 is 0 Å². The molecule has 3 heterocycles. The van der Waals surface area contributed by atoms with Gasteiger partial charge in [0.05, 0.1) is 38.4 Å². The zero-order valence-electron chi connectivity index (χ0n) is 17.0. The average molecular weight is 388 g/mol. The fraction of sp³-hybridized carbons (Fsp3) is 0.417. The van der Waals surface area contributed by atoms with Gasteiger partial charge in [0.2, 0.25) is 0 Å². The minimum atomic E-state index is -1.24. The molecule has 2 fully saturated rings. The zero-order chi connectivity index (χ0) is 19.8.